The lowest BCUT2D eigenvalue weighted by Crippen LogP contribution is -2.35. The Labute approximate surface area is 173 Å². The molecule has 7 nitrogen and oxygen atoms in total. The number of hydrogen-bond donors (Lipinski definition) is 1. The van der Waals surface area contributed by atoms with Crippen LogP contribution in [0.4, 0.5) is 0 Å². The minimum atomic E-state index is -0.116. The molecule has 29 heavy (non-hydrogen) atoms. The monoisotopic (exact) mass is 396 g/mol. The SMILES string of the molecule is CCc1ccc(CN2C[C@H]3Cc4nnc(C(=O)NCCN(C)C)n4C[C@H]3C2)cc1. The van der Waals surface area contributed by atoms with Crippen molar-refractivity contribution in [3.8, 4) is 0 Å². The molecule has 1 N–H and O–H groups in total. The third-order valence-electron chi connectivity index (χ3n) is 6.23. The van der Waals surface area contributed by atoms with Gasteiger partial charge in [0.05, 0.1) is 0 Å². The molecule has 4 rings (SSSR count). The van der Waals surface area contributed by atoms with Crippen molar-refractivity contribution in [1.29, 1.82) is 0 Å². The zero-order valence-corrected chi connectivity index (χ0v) is 17.8. The molecule has 0 aliphatic carbocycles. The van der Waals surface area contributed by atoms with Gasteiger partial charge >= 0.3 is 0 Å². The van der Waals surface area contributed by atoms with Crippen LogP contribution < -0.4 is 5.32 Å². The summed E-state index contributed by atoms with van der Waals surface area (Å²) >= 11 is 0. The number of amides is 1. The summed E-state index contributed by atoms with van der Waals surface area (Å²) in [5, 5.41) is 11.5. The van der Waals surface area contributed by atoms with Crippen molar-refractivity contribution in [1.82, 2.24) is 29.9 Å². The van der Waals surface area contributed by atoms with Crippen molar-refractivity contribution in [2.75, 3.05) is 40.3 Å². The average molecular weight is 397 g/mol. The molecule has 2 atom stereocenters. The third-order valence-corrected chi connectivity index (χ3v) is 6.23. The van der Waals surface area contributed by atoms with Gasteiger partial charge in [0.25, 0.3) is 5.91 Å². The van der Waals surface area contributed by atoms with Gasteiger partial charge in [-0.3, -0.25) is 9.69 Å². The topological polar surface area (TPSA) is 66.3 Å². The predicted molar refractivity (Wildman–Crippen MR) is 113 cm³/mol. The van der Waals surface area contributed by atoms with Crippen LogP contribution in [-0.2, 0) is 25.9 Å². The highest BCUT2D eigenvalue weighted by Crippen LogP contribution is 2.33. The van der Waals surface area contributed by atoms with Crippen LogP contribution in [0.2, 0.25) is 0 Å². The van der Waals surface area contributed by atoms with Gasteiger partial charge in [0.15, 0.2) is 0 Å². The van der Waals surface area contributed by atoms with Crippen LogP contribution in [0.5, 0.6) is 0 Å². The number of likely N-dealkylation sites (N-methyl/N-ethyl adjacent to an activating group) is 1. The number of fused-ring (bicyclic) bond motifs is 2. The highest BCUT2D eigenvalue weighted by molar-refractivity contribution is 5.90. The van der Waals surface area contributed by atoms with E-state index in [9.17, 15) is 4.79 Å². The first-order valence-corrected chi connectivity index (χ1v) is 10.7. The van der Waals surface area contributed by atoms with Crippen LogP contribution in [0.15, 0.2) is 24.3 Å². The number of likely N-dealkylation sites (tertiary alicyclic amines) is 1. The summed E-state index contributed by atoms with van der Waals surface area (Å²) in [7, 11) is 3.99. The van der Waals surface area contributed by atoms with Gasteiger partial charge in [0.2, 0.25) is 5.82 Å². The van der Waals surface area contributed by atoms with Gasteiger partial charge in [-0.15, -0.1) is 10.2 Å². The molecule has 156 valence electrons. The van der Waals surface area contributed by atoms with Gasteiger partial charge in [-0.1, -0.05) is 31.2 Å². The maximum Gasteiger partial charge on any atom is 0.289 e. The highest BCUT2D eigenvalue weighted by Gasteiger charge is 2.39. The minimum absolute atomic E-state index is 0.116. The van der Waals surface area contributed by atoms with Gasteiger partial charge < -0.3 is 14.8 Å². The van der Waals surface area contributed by atoms with Crippen molar-refractivity contribution in [3.63, 3.8) is 0 Å². The van der Waals surface area contributed by atoms with E-state index in [0.29, 0.717) is 24.2 Å². The summed E-state index contributed by atoms with van der Waals surface area (Å²) in [4.78, 5) is 17.1. The van der Waals surface area contributed by atoms with Gasteiger partial charge in [-0.25, -0.2) is 0 Å². The van der Waals surface area contributed by atoms with Crippen molar-refractivity contribution < 1.29 is 4.79 Å². The Kier molecular flexibility index (Phi) is 5.96. The van der Waals surface area contributed by atoms with Crippen molar-refractivity contribution in [2.24, 2.45) is 11.8 Å². The molecule has 1 aromatic heterocycles. The molecule has 0 unspecified atom stereocenters. The Morgan fingerprint density at radius 3 is 2.55 bits per heavy atom. The Morgan fingerprint density at radius 2 is 1.83 bits per heavy atom. The van der Waals surface area contributed by atoms with Crippen LogP contribution >= 0.6 is 0 Å². The molecule has 2 aromatic rings. The first kappa shape index (κ1) is 20.0. The van der Waals surface area contributed by atoms with Gasteiger partial charge in [-0.05, 0) is 43.5 Å². The quantitative estimate of drug-likeness (QED) is 0.767. The zero-order valence-electron chi connectivity index (χ0n) is 17.8. The minimum Gasteiger partial charge on any atom is -0.348 e. The van der Waals surface area contributed by atoms with E-state index in [1.165, 1.54) is 11.1 Å². The molecular formula is C22H32N6O. The molecule has 0 saturated carbocycles. The summed E-state index contributed by atoms with van der Waals surface area (Å²) in [5.74, 6) is 2.46. The molecule has 1 fully saturated rings. The van der Waals surface area contributed by atoms with E-state index in [4.69, 9.17) is 0 Å². The number of carbonyl (C=O) groups is 1. The Morgan fingerprint density at radius 1 is 1.10 bits per heavy atom. The lowest BCUT2D eigenvalue weighted by Gasteiger charge is -2.25. The summed E-state index contributed by atoms with van der Waals surface area (Å²) in [6.07, 6.45) is 1.99. The lowest BCUT2D eigenvalue weighted by molar-refractivity contribution is 0.0932. The van der Waals surface area contributed by atoms with Crippen molar-refractivity contribution in [3.05, 3.63) is 47.0 Å². The van der Waals surface area contributed by atoms with Gasteiger partial charge in [0.1, 0.15) is 5.82 Å². The molecule has 2 aliphatic rings. The normalized spacial score (nSPS) is 21.2. The molecule has 1 saturated heterocycles. The summed E-state index contributed by atoms with van der Waals surface area (Å²) in [6, 6.07) is 8.99. The Hall–Kier alpha value is -2.25. The van der Waals surface area contributed by atoms with E-state index < -0.39 is 0 Å². The fraction of sp³-hybridized carbons (Fsp3) is 0.591. The number of aromatic nitrogens is 3. The molecule has 2 aliphatic heterocycles. The number of carbonyl (C=O) groups excluding carboxylic acids is 1. The van der Waals surface area contributed by atoms with E-state index in [1.807, 2.05) is 23.6 Å². The van der Waals surface area contributed by atoms with Gasteiger partial charge in [0, 0.05) is 45.7 Å². The second-order valence-corrected chi connectivity index (χ2v) is 8.70. The van der Waals surface area contributed by atoms with Crippen molar-refractivity contribution in [2.45, 2.75) is 32.9 Å². The zero-order chi connectivity index (χ0) is 20.4. The first-order chi connectivity index (χ1) is 14.0. The van der Waals surface area contributed by atoms with Gasteiger partial charge in [-0.2, -0.15) is 0 Å². The predicted octanol–water partition coefficient (Wildman–Crippen LogP) is 1.44. The summed E-state index contributed by atoms with van der Waals surface area (Å²) in [6.45, 7) is 7.62. The number of hydrogen-bond acceptors (Lipinski definition) is 5. The van der Waals surface area contributed by atoms with Crippen LogP contribution in [-0.4, -0.2) is 70.7 Å². The van der Waals surface area contributed by atoms with E-state index in [-0.39, 0.29) is 5.91 Å². The van der Waals surface area contributed by atoms with Crippen LogP contribution in [0.1, 0.15) is 34.5 Å². The standard InChI is InChI=1S/C22H32N6O/c1-4-16-5-7-17(8-6-16)12-27-13-18-11-20-24-25-21(28(20)15-19(18)14-27)22(29)23-9-10-26(2)3/h5-8,18-19H,4,9-15H2,1-3H3,(H,23,29)/t18-,19-/m1/s1. The second-order valence-electron chi connectivity index (χ2n) is 8.70. The molecule has 0 radical (unpaired) electrons. The van der Waals surface area contributed by atoms with E-state index in [2.05, 4.69) is 51.6 Å². The first-order valence-electron chi connectivity index (χ1n) is 10.7. The van der Waals surface area contributed by atoms with Crippen LogP contribution in [0.3, 0.4) is 0 Å². The highest BCUT2D eigenvalue weighted by atomic mass is 16.2. The average Bonchev–Trinajstić information content (AvgIpc) is 3.28. The van der Waals surface area contributed by atoms with E-state index in [0.717, 1.165) is 51.4 Å². The maximum atomic E-state index is 12.5. The molecule has 0 bridgehead atoms. The molecular weight excluding hydrogens is 364 g/mol. The summed E-state index contributed by atoms with van der Waals surface area (Å²) < 4.78 is 2.05. The number of aryl methyl sites for hydroxylation is 1. The van der Waals surface area contributed by atoms with E-state index in [1.54, 1.807) is 0 Å². The number of rotatable bonds is 7. The largest absolute Gasteiger partial charge is 0.348 e. The maximum absolute atomic E-state index is 12.5. The molecule has 3 heterocycles. The van der Waals surface area contributed by atoms with Crippen LogP contribution in [0.25, 0.3) is 0 Å². The number of nitrogens with zero attached hydrogens (tertiary/aromatic N) is 5. The fourth-order valence-corrected chi connectivity index (χ4v) is 4.53. The summed E-state index contributed by atoms with van der Waals surface area (Å²) in [5.41, 5.74) is 2.76. The Balaban J connectivity index is 1.37. The molecule has 1 amide bonds. The molecule has 7 heteroatoms. The lowest BCUT2D eigenvalue weighted by atomic mass is 9.89. The third kappa shape index (κ3) is 4.51. The van der Waals surface area contributed by atoms with E-state index >= 15 is 0 Å². The molecule has 0 spiro atoms. The van der Waals surface area contributed by atoms with Crippen LogP contribution in [0, 0.1) is 11.8 Å². The van der Waals surface area contributed by atoms with Crippen molar-refractivity contribution >= 4 is 5.91 Å². The number of benzene rings is 1. The number of nitrogens with one attached hydrogen (secondary N) is 1. The Bertz CT molecular complexity index is 843. The second kappa shape index (κ2) is 8.63. The molecule has 1 aromatic carbocycles. The fourth-order valence-electron chi connectivity index (χ4n) is 4.53. The smallest absolute Gasteiger partial charge is 0.289 e.